The quantitative estimate of drug-likeness (QED) is 0.681. The fraction of sp³-hybridized carbons (Fsp3) is 0.167. The maximum absolute atomic E-state index is 12.5. The van der Waals surface area contributed by atoms with Gasteiger partial charge in [-0.05, 0) is 41.8 Å². The number of carbonyl (C=O) groups is 2. The molecular formula is C24H23N3O2. The number of nitrogens with one attached hydrogen (secondary N) is 2. The minimum atomic E-state index is -0.168. The number of hydrogen-bond acceptors (Lipinski definition) is 3. The van der Waals surface area contributed by atoms with Crippen LogP contribution < -0.4 is 15.5 Å². The normalized spacial score (nSPS) is 12.3. The SMILES string of the molecule is O=C(CN1CCc2ccccc21)Nc1cccc(C(=O)NCc2ccccc2)c1. The summed E-state index contributed by atoms with van der Waals surface area (Å²) in [7, 11) is 0. The molecule has 146 valence electrons. The zero-order chi connectivity index (χ0) is 20.1. The summed E-state index contributed by atoms with van der Waals surface area (Å²) >= 11 is 0. The maximum atomic E-state index is 12.5. The zero-order valence-corrected chi connectivity index (χ0v) is 16.1. The van der Waals surface area contributed by atoms with Gasteiger partial charge in [0.2, 0.25) is 5.91 Å². The van der Waals surface area contributed by atoms with Gasteiger partial charge < -0.3 is 15.5 Å². The molecule has 0 radical (unpaired) electrons. The van der Waals surface area contributed by atoms with Crippen LogP contribution in [-0.2, 0) is 17.8 Å². The van der Waals surface area contributed by atoms with Gasteiger partial charge >= 0.3 is 0 Å². The van der Waals surface area contributed by atoms with Gasteiger partial charge in [-0.1, -0.05) is 54.6 Å². The summed E-state index contributed by atoms with van der Waals surface area (Å²) in [4.78, 5) is 27.0. The van der Waals surface area contributed by atoms with Gasteiger partial charge in [-0.3, -0.25) is 9.59 Å². The van der Waals surface area contributed by atoms with Crippen LogP contribution in [0.1, 0.15) is 21.5 Å². The van der Waals surface area contributed by atoms with Gasteiger partial charge in [0.15, 0.2) is 0 Å². The number of nitrogens with zero attached hydrogens (tertiary/aromatic N) is 1. The molecule has 1 aliphatic heterocycles. The van der Waals surface area contributed by atoms with Gasteiger partial charge in [0.25, 0.3) is 5.91 Å². The van der Waals surface area contributed by atoms with Crippen molar-refractivity contribution in [2.45, 2.75) is 13.0 Å². The van der Waals surface area contributed by atoms with Crippen molar-refractivity contribution in [1.82, 2.24) is 5.32 Å². The van der Waals surface area contributed by atoms with E-state index in [0.29, 0.717) is 24.3 Å². The molecule has 0 saturated carbocycles. The fourth-order valence-electron chi connectivity index (χ4n) is 3.56. The van der Waals surface area contributed by atoms with Gasteiger partial charge in [-0.25, -0.2) is 0 Å². The highest BCUT2D eigenvalue weighted by atomic mass is 16.2. The molecule has 1 aliphatic rings. The average molecular weight is 385 g/mol. The molecular weight excluding hydrogens is 362 g/mol. The van der Waals surface area contributed by atoms with Gasteiger partial charge in [0, 0.05) is 30.0 Å². The summed E-state index contributed by atoms with van der Waals surface area (Å²) in [5, 5.41) is 5.81. The van der Waals surface area contributed by atoms with E-state index in [0.717, 1.165) is 24.2 Å². The monoisotopic (exact) mass is 385 g/mol. The molecule has 3 aromatic carbocycles. The van der Waals surface area contributed by atoms with Crippen molar-refractivity contribution in [3.8, 4) is 0 Å². The van der Waals surface area contributed by atoms with Crippen LogP contribution in [0, 0.1) is 0 Å². The van der Waals surface area contributed by atoms with Crippen LogP contribution >= 0.6 is 0 Å². The molecule has 5 heteroatoms. The molecule has 3 aromatic rings. The third-order valence-electron chi connectivity index (χ3n) is 5.02. The van der Waals surface area contributed by atoms with Crippen molar-refractivity contribution in [3.05, 3.63) is 95.6 Å². The first-order valence-corrected chi connectivity index (χ1v) is 9.74. The van der Waals surface area contributed by atoms with Crippen molar-refractivity contribution < 1.29 is 9.59 Å². The topological polar surface area (TPSA) is 61.4 Å². The van der Waals surface area contributed by atoms with E-state index < -0.39 is 0 Å². The van der Waals surface area contributed by atoms with E-state index >= 15 is 0 Å². The highest BCUT2D eigenvalue weighted by molar-refractivity contribution is 5.98. The molecule has 0 atom stereocenters. The van der Waals surface area contributed by atoms with Crippen molar-refractivity contribution in [2.75, 3.05) is 23.3 Å². The predicted octanol–water partition coefficient (Wildman–Crippen LogP) is 3.62. The first kappa shape index (κ1) is 18.7. The predicted molar refractivity (Wildman–Crippen MR) is 115 cm³/mol. The Morgan fingerprint density at radius 3 is 2.55 bits per heavy atom. The lowest BCUT2D eigenvalue weighted by Crippen LogP contribution is -2.32. The van der Waals surface area contributed by atoms with Crippen LogP contribution in [0.3, 0.4) is 0 Å². The second-order valence-corrected chi connectivity index (χ2v) is 7.10. The van der Waals surface area contributed by atoms with E-state index in [2.05, 4.69) is 21.6 Å². The summed E-state index contributed by atoms with van der Waals surface area (Å²) in [5.41, 5.74) is 4.57. The highest BCUT2D eigenvalue weighted by Crippen LogP contribution is 2.27. The van der Waals surface area contributed by atoms with Crippen LogP contribution in [-0.4, -0.2) is 24.9 Å². The number of carbonyl (C=O) groups excluding carboxylic acids is 2. The van der Waals surface area contributed by atoms with E-state index in [1.165, 1.54) is 5.56 Å². The maximum Gasteiger partial charge on any atom is 0.251 e. The Morgan fingerprint density at radius 2 is 1.69 bits per heavy atom. The Bertz CT molecular complexity index is 1020. The van der Waals surface area contributed by atoms with Crippen molar-refractivity contribution in [3.63, 3.8) is 0 Å². The highest BCUT2D eigenvalue weighted by Gasteiger charge is 2.20. The first-order chi connectivity index (χ1) is 14.2. The number of amides is 2. The molecule has 0 aliphatic carbocycles. The summed E-state index contributed by atoms with van der Waals surface area (Å²) in [6, 6.07) is 24.9. The van der Waals surface area contributed by atoms with Crippen molar-refractivity contribution in [2.24, 2.45) is 0 Å². The van der Waals surface area contributed by atoms with Crippen molar-refractivity contribution >= 4 is 23.2 Å². The van der Waals surface area contributed by atoms with Crippen molar-refractivity contribution in [1.29, 1.82) is 0 Å². The number of fused-ring (bicyclic) bond motifs is 1. The number of rotatable bonds is 6. The Hall–Kier alpha value is -3.60. The van der Waals surface area contributed by atoms with Gasteiger partial charge in [-0.15, -0.1) is 0 Å². The zero-order valence-electron chi connectivity index (χ0n) is 16.1. The first-order valence-electron chi connectivity index (χ1n) is 9.74. The molecule has 2 amide bonds. The molecule has 0 fully saturated rings. The standard InChI is InChI=1S/C24H23N3O2/c28-23(17-27-14-13-19-9-4-5-12-22(19)27)26-21-11-6-10-20(15-21)24(29)25-16-18-7-2-1-3-8-18/h1-12,15H,13-14,16-17H2,(H,25,29)(H,26,28). The third-order valence-corrected chi connectivity index (χ3v) is 5.02. The Kier molecular flexibility index (Phi) is 5.56. The van der Waals surface area contributed by atoms with E-state index in [9.17, 15) is 9.59 Å². The third kappa shape index (κ3) is 4.63. The largest absolute Gasteiger partial charge is 0.362 e. The van der Waals surface area contributed by atoms with Crippen LogP contribution in [0.15, 0.2) is 78.9 Å². The lowest BCUT2D eigenvalue weighted by molar-refractivity contribution is -0.115. The minimum Gasteiger partial charge on any atom is -0.362 e. The molecule has 5 nitrogen and oxygen atoms in total. The number of anilines is 2. The molecule has 0 spiro atoms. The molecule has 1 heterocycles. The van der Waals surface area contributed by atoms with Crippen LogP contribution in [0.2, 0.25) is 0 Å². The van der Waals surface area contributed by atoms with Gasteiger partial charge in [-0.2, -0.15) is 0 Å². The summed E-state index contributed by atoms with van der Waals surface area (Å²) in [6.45, 7) is 1.60. The van der Waals surface area contributed by atoms with Gasteiger partial charge in [0.05, 0.1) is 6.54 Å². The second-order valence-electron chi connectivity index (χ2n) is 7.10. The molecule has 0 aromatic heterocycles. The van der Waals surface area contributed by atoms with E-state index in [1.807, 2.05) is 48.5 Å². The second kappa shape index (κ2) is 8.61. The van der Waals surface area contributed by atoms with Crippen LogP contribution in [0.25, 0.3) is 0 Å². The molecule has 29 heavy (non-hydrogen) atoms. The molecule has 0 unspecified atom stereocenters. The summed E-state index contributed by atoms with van der Waals surface area (Å²) < 4.78 is 0. The Balaban J connectivity index is 1.35. The van der Waals surface area contributed by atoms with E-state index in [-0.39, 0.29) is 11.8 Å². The van der Waals surface area contributed by atoms with E-state index in [1.54, 1.807) is 24.3 Å². The molecule has 0 saturated heterocycles. The average Bonchev–Trinajstić information content (AvgIpc) is 3.15. The Morgan fingerprint density at radius 1 is 0.897 bits per heavy atom. The lowest BCUT2D eigenvalue weighted by atomic mass is 10.1. The smallest absolute Gasteiger partial charge is 0.251 e. The van der Waals surface area contributed by atoms with E-state index in [4.69, 9.17) is 0 Å². The minimum absolute atomic E-state index is 0.0939. The number of para-hydroxylation sites is 1. The molecule has 4 rings (SSSR count). The summed E-state index contributed by atoms with van der Waals surface area (Å²) in [5.74, 6) is -0.262. The number of hydrogen-bond donors (Lipinski definition) is 2. The molecule has 2 N–H and O–H groups in total. The fourth-order valence-corrected chi connectivity index (χ4v) is 3.56. The van der Waals surface area contributed by atoms with Gasteiger partial charge in [0.1, 0.15) is 0 Å². The van der Waals surface area contributed by atoms with Crippen LogP contribution in [0.4, 0.5) is 11.4 Å². The molecule has 0 bridgehead atoms. The number of benzene rings is 3. The summed E-state index contributed by atoms with van der Waals surface area (Å²) in [6.07, 6.45) is 0.959. The lowest BCUT2D eigenvalue weighted by Gasteiger charge is -2.18. The van der Waals surface area contributed by atoms with Crippen LogP contribution in [0.5, 0.6) is 0 Å². The Labute approximate surface area is 170 Å².